The van der Waals surface area contributed by atoms with E-state index < -0.39 is 0 Å². The smallest absolute Gasteiger partial charge is 0.125 e. The van der Waals surface area contributed by atoms with Gasteiger partial charge in [0.1, 0.15) is 6.29 Å². The summed E-state index contributed by atoms with van der Waals surface area (Å²) in [6.45, 7) is 3.68. The Morgan fingerprint density at radius 3 is 2.53 bits per heavy atom. The van der Waals surface area contributed by atoms with Gasteiger partial charge in [0.2, 0.25) is 0 Å². The highest BCUT2D eigenvalue weighted by atomic mass is 16.1. The number of piperidine rings is 1. The van der Waals surface area contributed by atoms with Crippen LogP contribution in [0.1, 0.15) is 73.7 Å². The predicted octanol–water partition coefficient (Wildman–Crippen LogP) is 4.77. The Labute approximate surface area is 204 Å². The van der Waals surface area contributed by atoms with Gasteiger partial charge in [-0.2, -0.15) is 0 Å². The van der Waals surface area contributed by atoms with Gasteiger partial charge in [0, 0.05) is 43.6 Å². The van der Waals surface area contributed by atoms with Crippen LogP contribution in [-0.2, 0) is 10.2 Å². The van der Waals surface area contributed by atoms with Crippen molar-refractivity contribution in [2.75, 3.05) is 26.2 Å². The van der Waals surface area contributed by atoms with E-state index >= 15 is 0 Å². The maximum atomic E-state index is 12.0. The molecule has 2 saturated heterocycles. The van der Waals surface area contributed by atoms with E-state index in [0.717, 1.165) is 32.1 Å². The minimum absolute atomic E-state index is 0.0417. The van der Waals surface area contributed by atoms with Gasteiger partial charge in [0.25, 0.3) is 0 Å². The summed E-state index contributed by atoms with van der Waals surface area (Å²) in [7, 11) is 0. The average molecular weight is 458 g/mol. The quantitative estimate of drug-likeness (QED) is 0.649. The van der Waals surface area contributed by atoms with Crippen LogP contribution in [0.2, 0.25) is 0 Å². The normalized spacial score (nSPS) is 34.7. The Balaban J connectivity index is 1.33. The van der Waals surface area contributed by atoms with Crippen molar-refractivity contribution >= 4 is 6.29 Å². The van der Waals surface area contributed by atoms with Crippen molar-refractivity contribution in [2.45, 2.75) is 68.5 Å². The van der Waals surface area contributed by atoms with Crippen LogP contribution in [0.5, 0.6) is 0 Å². The van der Waals surface area contributed by atoms with Gasteiger partial charge in [0.05, 0.1) is 6.17 Å². The highest BCUT2D eigenvalue weighted by molar-refractivity contribution is 5.61. The second kappa shape index (κ2) is 9.56. The Morgan fingerprint density at radius 1 is 0.912 bits per heavy atom. The van der Waals surface area contributed by atoms with Gasteiger partial charge in [-0.15, -0.1) is 0 Å². The molecule has 5 atom stereocenters. The lowest BCUT2D eigenvalue weighted by Gasteiger charge is -2.52. The lowest BCUT2D eigenvalue weighted by Crippen LogP contribution is -2.58. The molecule has 2 aromatic rings. The molecule has 2 aromatic carbocycles. The maximum absolute atomic E-state index is 12.0. The van der Waals surface area contributed by atoms with Gasteiger partial charge in [-0.05, 0) is 54.2 Å². The summed E-state index contributed by atoms with van der Waals surface area (Å²) in [5, 5.41) is 7.51. The van der Waals surface area contributed by atoms with Gasteiger partial charge < -0.3 is 10.1 Å². The number of aldehydes is 1. The molecule has 4 nitrogen and oxygen atoms in total. The van der Waals surface area contributed by atoms with Crippen molar-refractivity contribution in [1.29, 1.82) is 0 Å². The molecule has 3 aliphatic heterocycles. The van der Waals surface area contributed by atoms with Crippen LogP contribution in [0.15, 0.2) is 54.6 Å². The fraction of sp³-hybridized carbons (Fsp3) is 0.567. The molecule has 1 saturated carbocycles. The number of carbonyl (C=O) groups excluding carboxylic acids is 1. The molecule has 0 amide bonds. The van der Waals surface area contributed by atoms with Crippen LogP contribution in [-0.4, -0.2) is 43.4 Å². The molecule has 0 radical (unpaired) electrons. The first-order valence-corrected chi connectivity index (χ1v) is 13.6. The van der Waals surface area contributed by atoms with E-state index in [9.17, 15) is 4.79 Å². The summed E-state index contributed by atoms with van der Waals surface area (Å²) >= 11 is 0. The predicted molar refractivity (Wildman–Crippen MR) is 137 cm³/mol. The molecule has 4 aliphatic rings. The van der Waals surface area contributed by atoms with E-state index in [1.165, 1.54) is 67.9 Å². The number of hydrogen-bond donors (Lipinski definition) is 2. The lowest BCUT2D eigenvalue weighted by atomic mass is 9.68. The molecule has 3 heterocycles. The molecule has 180 valence electrons. The molecule has 1 aliphatic carbocycles. The van der Waals surface area contributed by atoms with Gasteiger partial charge in [-0.3, -0.25) is 10.2 Å². The molecule has 6 rings (SSSR count). The topological polar surface area (TPSA) is 44.4 Å². The zero-order valence-corrected chi connectivity index (χ0v) is 20.3. The molecule has 4 heteroatoms. The van der Waals surface area contributed by atoms with E-state index in [2.05, 4.69) is 70.1 Å². The maximum Gasteiger partial charge on any atom is 0.125 e. The van der Waals surface area contributed by atoms with Crippen molar-refractivity contribution in [3.63, 3.8) is 0 Å². The molecular formula is C30H39N3O. The van der Waals surface area contributed by atoms with E-state index in [0.29, 0.717) is 12.0 Å². The number of nitrogens with one attached hydrogen (secondary N) is 2. The molecule has 3 fully saturated rings. The number of benzene rings is 2. The summed E-state index contributed by atoms with van der Waals surface area (Å²) < 4.78 is 0. The Hall–Kier alpha value is -2.01. The minimum Gasteiger partial charge on any atom is -0.315 e. The van der Waals surface area contributed by atoms with Gasteiger partial charge in [0.15, 0.2) is 0 Å². The zero-order chi connectivity index (χ0) is 23.0. The molecule has 0 aromatic heterocycles. The van der Waals surface area contributed by atoms with E-state index in [4.69, 9.17) is 0 Å². The van der Waals surface area contributed by atoms with Crippen molar-refractivity contribution in [3.8, 4) is 0 Å². The first-order chi connectivity index (χ1) is 16.8. The van der Waals surface area contributed by atoms with Crippen molar-refractivity contribution in [1.82, 2.24) is 15.5 Å². The second-order valence-electron chi connectivity index (χ2n) is 11.2. The Kier molecular flexibility index (Phi) is 6.31. The first kappa shape index (κ1) is 22.5. The fourth-order valence-electron chi connectivity index (χ4n) is 7.76. The van der Waals surface area contributed by atoms with Gasteiger partial charge >= 0.3 is 0 Å². The van der Waals surface area contributed by atoms with Crippen LogP contribution in [0.4, 0.5) is 0 Å². The van der Waals surface area contributed by atoms with Gasteiger partial charge in [-0.1, -0.05) is 73.9 Å². The zero-order valence-electron chi connectivity index (χ0n) is 20.3. The van der Waals surface area contributed by atoms with Crippen LogP contribution in [0.3, 0.4) is 0 Å². The van der Waals surface area contributed by atoms with Crippen LogP contribution < -0.4 is 10.6 Å². The molecule has 0 bridgehead atoms. The average Bonchev–Trinajstić information content (AvgIpc) is 3.33. The number of rotatable bonds is 4. The van der Waals surface area contributed by atoms with Gasteiger partial charge in [-0.25, -0.2) is 0 Å². The largest absolute Gasteiger partial charge is 0.315 e. The third kappa shape index (κ3) is 3.84. The minimum atomic E-state index is -0.114. The van der Waals surface area contributed by atoms with E-state index in [1.54, 1.807) is 0 Å². The number of hydrogen-bond acceptors (Lipinski definition) is 4. The molecule has 1 spiro atoms. The van der Waals surface area contributed by atoms with Crippen LogP contribution >= 0.6 is 0 Å². The monoisotopic (exact) mass is 457 g/mol. The fourth-order valence-corrected chi connectivity index (χ4v) is 7.76. The second-order valence-corrected chi connectivity index (χ2v) is 11.2. The van der Waals surface area contributed by atoms with E-state index in [1.807, 2.05) is 0 Å². The SMILES string of the molecule is O=C[C@H]1CNC[C@@]12CNC(N1CC[C@@H](c3ccccc3)C[C@H]1C1CCCCC1)c1ccccc12. The Bertz CT molecular complexity index is 988. The van der Waals surface area contributed by atoms with Crippen LogP contribution in [0, 0.1) is 11.8 Å². The number of nitrogens with zero attached hydrogens (tertiary/aromatic N) is 1. The molecular weight excluding hydrogens is 418 g/mol. The van der Waals surface area contributed by atoms with E-state index in [-0.39, 0.29) is 17.5 Å². The summed E-state index contributed by atoms with van der Waals surface area (Å²) in [6.07, 6.45) is 10.8. The highest BCUT2D eigenvalue weighted by Gasteiger charge is 2.50. The van der Waals surface area contributed by atoms with Crippen molar-refractivity contribution in [2.24, 2.45) is 11.8 Å². The highest BCUT2D eigenvalue weighted by Crippen LogP contribution is 2.46. The number of likely N-dealkylation sites (tertiary alicyclic amines) is 1. The third-order valence-electron chi connectivity index (χ3n) is 9.57. The molecule has 1 unspecified atom stereocenters. The standard InChI is InChI=1S/C30H39N3O/c34-19-25-18-31-20-30(25)21-32-29(26-13-7-8-14-27(26)30)33-16-15-24(22-9-3-1-4-10-22)17-28(33)23-11-5-2-6-12-23/h1,3-4,7-10,13-14,19,23-25,28-29,31-32H,2,5-6,11-12,15-18,20-21H2/t24-,25-,28+,29?,30-/m1/s1. The summed E-state index contributed by atoms with van der Waals surface area (Å²) in [5.41, 5.74) is 4.21. The lowest BCUT2D eigenvalue weighted by molar-refractivity contribution is -0.112. The summed E-state index contributed by atoms with van der Waals surface area (Å²) in [6, 6.07) is 20.8. The van der Waals surface area contributed by atoms with Crippen LogP contribution in [0.25, 0.3) is 0 Å². The van der Waals surface area contributed by atoms with Crippen molar-refractivity contribution in [3.05, 3.63) is 71.3 Å². The summed E-state index contributed by atoms with van der Waals surface area (Å²) in [4.78, 5) is 14.9. The number of carbonyl (C=O) groups is 1. The molecule has 2 N–H and O–H groups in total. The van der Waals surface area contributed by atoms with Crippen molar-refractivity contribution < 1.29 is 4.79 Å². The Morgan fingerprint density at radius 2 is 1.71 bits per heavy atom. The third-order valence-corrected chi connectivity index (χ3v) is 9.57. The molecule has 34 heavy (non-hydrogen) atoms. The first-order valence-electron chi connectivity index (χ1n) is 13.6. The number of fused-ring (bicyclic) bond motifs is 2. The summed E-state index contributed by atoms with van der Waals surface area (Å²) in [5.74, 6) is 1.49.